The second-order valence-electron chi connectivity index (χ2n) is 12.3. The molecule has 0 radical (unpaired) electrons. The van der Waals surface area contributed by atoms with Gasteiger partial charge in [0.15, 0.2) is 8.32 Å². The first-order valence-corrected chi connectivity index (χ1v) is 17.7. The largest absolute Gasteiger partial charge is 0.465 e. The molecule has 5 rings (SSSR count). The normalized spacial score (nSPS) is 20.1. The number of amides is 1. The van der Waals surface area contributed by atoms with Gasteiger partial charge in [0.05, 0.1) is 29.5 Å². The number of hydrogen-bond donors (Lipinski definition) is 2. The van der Waals surface area contributed by atoms with E-state index in [0.29, 0.717) is 18.2 Å². The third-order valence-corrected chi connectivity index (χ3v) is 14.6. The highest BCUT2D eigenvalue weighted by Gasteiger charge is 2.43. The number of nitrogens with zero attached hydrogens (tertiary/aromatic N) is 3. The Morgan fingerprint density at radius 1 is 1.26 bits per heavy atom. The number of rotatable bonds is 6. The summed E-state index contributed by atoms with van der Waals surface area (Å²) < 4.78 is 7.53. The standard InChI is InChI=1S/C29H38ClN3O4SSi/c1-29(2,3)39(4,5)37-17-21-13-20(15-33(21)28(35)36)32-10-6-7-18-11-19(30)12-24(26(18)32)23-8-9-31-25-14-22(16-34)38-27(23)25/h8-9,11-12,14,20-21,34H,6-7,10,13,15-17H2,1-5H3,(H,35,36)/t20-,21-/m0/s1. The molecule has 1 saturated heterocycles. The quantitative estimate of drug-likeness (QED) is 0.302. The molecule has 1 aromatic carbocycles. The third-order valence-electron chi connectivity index (χ3n) is 8.72. The lowest BCUT2D eigenvalue weighted by molar-refractivity contribution is 0.120. The number of aliphatic hydroxyl groups is 1. The molecule has 0 spiro atoms. The summed E-state index contributed by atoms with van der Waals surface area (Å²) in [6, 6.07) is 7.90. The lowest BCUT2D eigenvalue weighted by Crippen LogP contribution is -2.45. The summed E-state index contributed by atoms with van der Waals surface area (Å²) in [5, 5.41) is 20.6. The van der Waals surface area contributed by atoms with Crippen molar-refractivity contribution in [1.82, 2.24) is 9.88 Å². The molecule has 39 heavy (non-hydrogen) atoms. The predicted octanol–water partition coefficient (Wildman–Crippen LogP) is 7.00. The van der Waals surface area contributed by atoms with E-state index < -0.39 is 14.4 Å². The second-order valence-corrected chi connectivity index (χ2v) is 18.6. The number of aromatic nitrogens is 1. The Morgan fingerprint density at radius 2 is 2.03 bits per heavy atom. The van der Waals surface area contributed by atoms with E-state index in [-0.39, 0.29) is 23.7 Å². The second kappa shape index (κ2) is 10.7. The Kier molecular flexibility index (Phi) is 7.76. The van der Waals surface area contributed by atoms with Crippen molar-refractivity contribution >= 4 is 53.3 Å². The van der Waals surface area contributed by atoms with Gasteiger partial charge in [-0.1, -0.05) is 32.4 Å². The maximum atomic E-state index is 12.3. The number of benzene rings is 1. The SMILES string of the molecule is CC(C)(C)[Si](C)(C)OC[C@@H]1C[C@H](N2CCCc3cc(Cl)cc(-c4ccnc5cc(CO)sc45)c32)CN1C(=O)O. The van der Waals surface area contributed by atoms with Crippen molar-refractivity contribution in [1.29, 1.82) is 0 Å². The molecule has 2 atom stereocenters. The first-order chi connectivity index (χ1) is 18.4. The van der Waals surface area contributed by atoms with Gasteiger partial charge in [-0.25, -0.2) is 4.79 Å². The number of anilines is 1. The van der Waals surface area contributed by atoms with Crippen LogP contribution in [-0.4, -0.2) is 66.3 Å². The minimum Gasteiger partial charge on any atom is -0.465 e. The van der Waals surface area contributed by atoms with Crippen molar-refractivity contribution in [3.8, 4) is 11.1 Å². The van der Waals surface area contributed by atoms with Gasteiger partial charge in [0.1, 0.15) is 0 Å². The van der Waals surface area contributed by atoms with Gasteiger partial charge in [-0.15, -0.1) is 11.3 Å². The Labute approximate surface area is 240 Å². The molecule has 210 valence electrons. The molecule has 7 nitrogen and oxygen atoms in total. The molecular formula is C29H38ClN3O4SSi. The zero-order chi connectivity index (χ0) is 28.1. The van der Waals surface area contributed by atoms with Crippen molar-refractivity contribution in [3.63, 3.8) is 0 Å². The van der Waals surface area contributed by atoms with Gasteiger partial charge in [0.2, 0.25) is 0 Å². The summed E-state index contributed by atoms with van der Waals surface area (Å²) in [4.78, 5) is 21.7. The highest BCUT2D eigenvalue weighted by atomic mass is 35.5. The van der Waals surface area contributed by atoms with Crippen molar-refractivity contribution < 1.29 is 19.4 Å². The van der Waals surface area contributed by atoms with Crippen molar-refractivity contribution in [2.75, 3.05) is 24.6 Å². The summed E-state index contributed by atoms with van der Waals surface area (Å²) in [6.07, 6.45) is 3.55. The van der Waals surface area contributed by atoms with Crippen LogP contribution < -0.4 is 4.90 Å². The lowest BCUT2D eigenvalue weighted by atomic mass is 9.92. The fourth-order valence-corrected chi connectivity index (χ4v) is 7.90. The fourth-order valence-electron chi connectivity index (χ4n) is 5.62. The van der Waals surface area contributed by atoms with Crippen LogP contribution in [0.4, 0.5) is 10.5 Å². The van der Waals surface area contributed by atoms with Gasteiger partial charge >= 0.3 is 6.09 Å². The number of carbonyl (C=O) groups is 1. The van der Waals surface area contributed by atoms with E-state index in [1.54, 1.807) is 16.2 Å². The van der Waals surface area contributed by atoms with E-state index in [9.17, 15) is 15.0 Å². The van der Waals surface area contributed by atoms with Crippen LogP contribution in [0.5, 0.6) is 0 Å². The molecule has 4 heterocycles. The molecular weight excluding hydrogens is 550 g/mol. The van der Waals surface area contributed by atoms with Crippen LogP contribution in [0.2, 0.25) is 23.2 Å². The zero-order valence-electron chi connectivity index (χ0n) is 23.3. The molecule has 0 bridgehead atoms. The monoisotopic (exact) mass is 587 g/mol. The maximum absolute atomic E-state index is 12.3. The van der Waals surface area contributed by atoms with Crippen LogP contribution in [0.1, 0.15) is 44.1 Å². The molecule has 2 aliphatic rings. The van der Waals surface area contributed by atoms with Crippen LogP contribution in [0, 0.1) is 0 Å². The van der Waals surface area contributed by atoms with E-state index in [4.69, 9.17) is 16.0 Å². The lowest BCUT2D eigenvalue weighted by Gasteiger charge is -2.38. The Bertz CT molecular complexity index is 1390. The van der Waals surface area contributed by atoms with Crippen LogP contribution in [0.15, 0.2) is 30.5 Å². The number of thiophene rings is 1. The van der Waals surface area contributed by atoms with E-state index in [1.165, 1.54) is 5.56 Å². The van der Waals surface area contributed by atoms with Gasteiger partial charge in [-0.3, -0.25) is 4.98 Å². The minimum absolute atomic E-state index is 0.0221. The maximum Gasteiger partial charge on any atom is 0.407 e. The molecule has 10 heteroatoms. The Balaban J connectivity index is 1.51. The summed E-state index contributed by atoms with van der Waals surface area (Å²) in [5.41, 5.74) is 5.27. The summed E-state index contributed by atoms with van der Waals surface area (Å²) >= 11 is 8.21. The van der Waals surface area contributed by atoms with E-state index in [0.717, 1.165) is 57.7 Å². The predicted molar refractivity (Wildman–Crippen MR) is 162 cm³/mol. The smallest absolute Gasteiger partial charge is 0.407 e. The number of halogens is 1. The van der Waals surface area contributed by atoms with Crippen molar-refractivity contribution in [2.24, 2.45) is 0 Å². The number of aryl methyl sites for hydroxylation is 1. The molecule has 0 unspecified atom stereocenters. The van der Waals surface area contributed by atoms with Crippen LogP contribution >= 0.6 is 22.9 Å². The molecule has 1 amide bonds. The van der Waals surface area contributed by atoms with E-state index >= 15 is 0 Å². The fraction of sp³-hybridized carbons (Fsp3) is 0.517. The third kappa shape index (κ3) is 5.44. The molecule has 0 saturated carbocycles. The summed E-state index contributed by atoms with van der Waals surface area (Å²) in [5.74, 6) is 0. The first kappa shape index (κ1) is 28.4. The van der Waals surface area contributed by atoms with Gasteiger partial charge in [0, 0.05) is 52.0 Å². The topological polar surface area (TPSA) is 86.1 Å². The summed E-state index contributed by atoms with van der Waals surface area (Å²) in [7, 11) is -2.01. The number of carboxylic acid groups (broad SMARTS) is 1. The highest BCUT2D eigenvalue weighted by molar-refractivity contribution is 7.19. The van der Waals surface area contributed by atoms with Crippen molar-refractivity contribution in [3.05, 3.63) is 45.9 Å². The van der Waals surface area contributed by atoms with Crippen LogP contribution in [0.3, 0.4) is 0 Å². The number of likely N-dealkylation sites (tertiary alicyclic amines) is 1. The molecule has 1 fully saturated rings. The molecule has 2 N–H and O–H groups in total. The average molecular weight is 588 g/mol. The Morgan fingerprint density at radius 3 is 2.72 bits per heavy atom. The number of fused-ring (bicyclic) bond motifs is 2. The van der Waals surface area contributed by atoms with Crippen molar-refractivity contribution in [2.45, 2.75) is 76.9 Å². The molecule has 3 aromatic rings. The van der Waals surface area contributed by atoms with Gasteiger partial charge < -0.3 is 24.4 Å². The molecule has 2 aromatic heterocycles. The van der Waals surface area contributed by atoms with Gasteiger partial charge in [0.25, 0.3) is 0 Å². The average Bonchev–Trinajstić information content (AvgIpc) is 3.50. The van der Waals surface area contributed by atoms with Gasteiger partial charge in [-0.05, 0) is 67.2 Å². The minimum atomic E-state index is -2.01. The summed E-state index contributed by atoms with van der Waals surface area (Å²) in [6.45, 7) is 12.7. The molecule has 2 aliphatic heterocycles. The zero-order valence-corrected chi connectivity index (χ0v) is 25.9. The molecule has 0 aliphatic carbocycles. The van der Waals surface area contributed by atoms with E-state index in [1.807, 2.05) is 24.4 Å². The van der Waals surface area contributed by atoms with Crippen LogP contribution in [-0.2, 0) is 17.5 Å². The Hall–Kier alpha value is -2.17. The number of aliphatic hydroxyl groups excluding tert-OH is 1. The van der Waals surface area contributed by atoms with Crippen LogP contribution in [0.25, 0.3) is 21.3 Å². The number of pyridine rings is 1. The number of hydrogen-bond acceptors (Lipinski definition) is 6. The van der Waals surface area contributed by atoms with Gasteiger partial charge in [-0.2, -0.15) is 0 Å². The van der Waals surface area contributed by atoms with E-state index in [2.05, 4.69) is 49.8 Å². The highest BCUT2D eigenvalue weighted by Crippen LogP contribution is 2.45. The first-order valence-electron chi connectivity index (χ1n) is 13.6.